The largest absolute Gasteiger partial charge is 0.395 e. The van der Waals surface area contributed by atoms with Crippen LogP contribution < -0.4 is 21.3 Å². The second-order valence-corrected chi connectivity index (χ2v) is 18.8. The maximum Gasteiger partial charge on any atom is 0.256 e. The summed E-state index contributed by atoms with van der Waals surface area (Å²) in [5.74, 6) is -5.03. The van der Waals surface area contributed by atoms with Gasteiger partial charge in [0, 0.05) is 59.3 Å². The van der Waals surface area contributed by atoms with Crippen molar-refractivity contribution < 1.29 is 69.6 Å². The molecule has 0 aliphatic rings. The predicted octanol–water partition coefficient (Wildman–Crippen LogP) is -0.736. The molecule has 0 saturated heterocycles. The van der Waals surface area contributed by atoms with Crippen molar-refractivity contribution in [3.8, 4) is 0 Å². The molecule has 2 aromatic carbocycles. The lowest BCUT2D eigenvalue weighted by molar-refractivity contribution is -0.123. The van der Waals surface area contributed by atoms with Gasteiger partial charge >= 0.3 is 0 Å². The fourth-order valence-corrected chi connectivity index (χ4v) is 14.6. The van der Waals surface area contributed by atoms with Gasteiger partial charge in [0.1, 0.15) is 0 Å². The third-order valence-corrected chi connectivity index (χ3v) is 14.5. The minimum Gasteiger partial charge on any atom is -0.395 e. The molecule has 0 bridgehead atoms. The topological polar surface area (TPSA) is 324 Å². The maximum absolute atomic E-state index is 14.8. The molecular formula is C34H42I6N6O14. The first-order valence-electron chi connectivity index (χ1n) is 17.5. The highest BCUT2D eigenvalue weighted by Crippen LogP contribution is 2.46. The van der Waals surface area contributed by atoms with E-state index in [0.717, 1.165) is 14.7 Å². The highest BCUT2D eigenvalue weighted by Gasteiger charge is 2.39. The Labute approximate surface area is 425 Å². The molecule has 0 aromatic heterocycles. The van der Waals surface area contributed by atoms with Crippen LogP contribution in [-0.2, 0) is 9.59 Å². The minimum atomic E-state index is -1.44. The van der Waals surface area contributed by atoms with Crippen molar-refractivity contribution in [2.45, 2.75) is 25.0 Å². The van der Waals surface area contributed by atoms with Crippen molar-refractivity contribution in [2.24, 2.45) is 5.73 Å². The van der Waals surface area contributed by atoms with Crippen LogP contribution in [0.1, 0.15) is 54.3 Å². The summed E-state index contributed by atoms with van der Waals surface area (Å²) in [6, 6.07) is 0. The molecule has 12 N–H and O–H groups in total. The molecule has 20 nitrogen and oxygen atoms in total. The van der Waals surface area contributed by atoms with Crippen LogP contribution in [0.3, 0.4) is 0 Å². The Kier molecular flexibility index (Phi) is 24.9. The number of carbonyl (C=O) groups excluding carboxylic acids is 6. The van der Waals surface area contributed by atoms with Crippen molar-refractivity contribution in [1.29, 1.82) is 0 Å². The number of halogens is 6. The second-order valence-electron chi connectivity index (χ2n) is 12.4. The normalized spacial score (nSPS) is 12.1. The van der Waals surface area contributed by atoms with E-state index in [-0.39, 0.29) is 81.2 Å². The van der Waals surface area contributed by atoms with Gasteiger partial charge in [-0.3, -0.25) is 33.7 Å². The lowest BCUT2D eigenvalue weighted by Gasteiger charge is -2.33. The number of benzene rings is 2. The van der Waals surface area contributed by atoms with Gasteiger partial charge in [-0.15, -0.1) is 0 Å². The molecule has 0 aliphatic heterocycles. The number of nitrogens with zero attached hydrogens (tertiary/aromatic N) is 3. The van der Waals surface area contributed by atoms with Crippen molar-refractivity contribution in [3.05, 3.63) is 43.7 Å². The molecule has 2 aromatic rings. The predicted molar refractivity (Wildman–Crippen MR) is 266 cm³/mol. The number of aliphatic hydroxyl groups is 8. The standard InChI is InChI=1S/C34H42I6N6O14/c35-23-19(31(57)42-3-7-47)25(37)29(27(39)21(23)33(59)44(5-9-49)11-15(53)13-51)46(18(56)2-1-17(41)55)30-26(38)20(32(58)43-4-8-48)24(36)22(28(30)40)34(60)45(6-10-50)12-16(54)14-52/h15-16,47-54H,1-14H2,(H2,41,55)(H,42,57)(H,43,58). The van der Waals surface area contributed by atoms with E-state index in [2.05, 4.69) is 10.6 Å². The Morgan fingerprint density at radius 3 is 1.18 bits per heavy atom. The van der Waals surface area contributed by atoms with E-state index >= 15 is 0 Å². The number of carbonyl (C=O) groups is 6. The maximum atomic E-state index is 14.8. The SMILES string of the molecule is NC(=O)CCC(=O)N(c1c(I)c(C(=O)NCCO)c(I)c(C(=O)N(CCO)CC(O)CO)c1I)c1c(I)c(C(=O)NCCO)c(I)c(C(=O)N(CCO)CC(O)CO)c1I. The summed E-state index contributed by atoms with van der Waals surface area (Å²) >= 11 is 10.6. The van der Waals surface area contributed by atoms with Crippen LogP contribution in [0.4, 0.5) is 11.4 Å². The third kappa shape index (κ3) is 13.9. The fourth-order valence-electron chi connectivity index (χ4n) is 5.42. The Bertz CT molecular complexity index is 1810. The number of nitrogens with one attached hydrogen (secondary N) is 2. The van der Waals surface area contributed by atoms with E-state index in [1.54, 1.807) is 136 Å². The van der Waals surface area contributed by atoms with Crippen LogP contribution in [0.15, 0.2) is 0 Å². The molecule has 0 fully saturated rings. The van der Waals surface area contributed by atoms with Crippen LogP contribution in [0.5, 0.6) is 0 Å². The van der Waals surface area contributed by atoms with Gasteiger partial charge < -0.3 is 67.0 Å². The van der Waals surface area contributed by atoms with Gasteiger partial charge in [-0.05, 0) is 136 Å². The highest BCUT2D eigenvalue weighted by molar-refractivity contribution is 14.1. The summed E-state index contributed by atoms with van der Waals surface area (Å²) in [5.41, 5.74) is 4.45. The van der Waals surface area contributed by atoms with Gasteiger partial charge in [-0.2, -0.15) is 0 Å². The van der Waals surface area contributed by atoms with Crippen LogP contribution in [0.25, 0.3) is 0 Å². The molecule has 2 atom stereocenters. The summed E-state index contributed by atoms with van der Waals surface area (Å²) in [6.07, 6.45) is -3.95. The minimum absolute atomic E-state index is 0.0104. The molecule has 0 heterocycles. The Morgan fingerprint density at radius 1 is 0.533 bits per heavy atom. The van der Waals surface area contributed by atoms with E-state index in [9.17, 15) is 69.6 Å². The van der Waals surface area contributed by atoms with Gasteiger partial charge in [0.25, 0.3) is 23.6 Å². The van der Waals surface area contributed by atoms with Crippen LogP contribution in [-0.4, -0.2) is 177 Å². The Hall–Kier alpha value is -0.680. The van der Waals surface area contributed by atoms with Crippen LogP contribution in [0.2, 0.25) is 0 Å². The lowest BCUT2D eigenvalue weighted by Crippen LogP contribution is -2.42. The number of hydrogen-bond acceptors (Lipinski definition) is 14. The van der Waals surface area contributed by atoms with Crippen LogP contribution in [0, 0.1) is 21.4 Å². The summed E-state index contributed by atoms with van der Waals surface area (Å²) < 4.78 is 0.202. The molecule has 6 amide bonds. The number of anilines is 2. The number of hydrogen-bond donors (Lipinski definition) is 11. The van der Waals surface area contributed by atoms with E-state index in [1.807, 2.05) is 0 Å². The fraction of sp³-hybridized carbons (Fsp3) is 0.471. The van der Waals surface area contributed by atoms with Gasteiger partial charge in [0.15, 0.2) is 0 Å². The zero-order chi connectivity index (χ0) is 45.6. The molecule has 0 radical (unpaired) electrons. The molecule has 2 unspecified atom stereocenters. The van der Waals surface area contributed by atoms with Crippen molar-refractivity contribution in [3.63, 3.8) is 0 Å². The molecular weight excluding hydrogens is 1480 g/mol. The highest BCUT2D eigenvalue weighted by atomic mass is 127. The van der Waals surface area contributed by atoms with Gasteiger partial charge in [-0.1, -0.05) is 0 Å². The number of rotatable bonds is 23. The third-order valence-electron chi connectivity index (χ3n) is 8.14. The molecule has 60 heavy (non-hydrogen) atoms. The zero-order valence-electron chi connectivity index (χ0n) is 31.3. The average Bonchev–Trinajstić information content (AvgIpc) is 3.19. The van der Waals surface area contributed by atoms with E-state index in [1.165, 1.54) is 0 Å². The quantitative estimate of drug-likeness (QED) is 0.0612. The zero-order valence-corrected chi connectivity index (χ0v) is 44.2. The second kappa shape index (κ2) is 27.0. The average molecular weight is 1520 g/mol. The molecule has 334 valence electrons. The van der Waals surface area contributed by atoms with Gasteiger partial charge in [-0.25, -0.2) is 0 Å². The molecule has 0 spiro atoms. The smallest absolute Gasteiger partial charge is 0.256 e. The number of nitrogens with two attached hydrogens (primary N) is 1. The van der Waals surface area contributed by atoms with Gasteiger partial charge in [0.05, 0.1) is 99.8 Å². The molecule has 0 saturated carbocycles. The monoisotopic (exact) mass is 1520 g/mol. The molecule has 2 rings (SSSR count). The number of aliphatic hydroxyl groups excluding tert-OH is 8. The van der Waals surface area contributed by atoms with Crippen molar-refractivity contribution in [1.82, 2.24) is 20.4 Å². The summed E-state index contributed by atoms with van der Waals surface area (Å²) in [6.45, 7) is -5.62. The first-order valence-corrected chi connectivity index (χ1v) is 24.0. The first kappa shape index (κ1) is 55.5. The van der Waals surface area contributed by atoms with Gasteiger partial charge in [0.2, 0.25) is 11.8 Å². The van der Waals surface area contributed by atoms with E-state index in [4.69, 9.17) is 5.73 Å². The number of amides is 6. The first-order chi connectivity index (χ1) is 28.3. The van der Waals surface area contributed by atoms with Crippen molar-refractivity contribution in [2.75, 3.05) is 83.8 Å². The van der Waals surface area contributed by atoms with E-state index < -0.39 is 113 Å². The molecule has 0 aliphatic carbocycles. The Morgan fingerprint density at radius 2 is 0.883 bits per heavy atom. The van der Waals surface area contributed by atoms with E-state index in [0.29, 0.717) is 0 Å². The van der Waals surface area contributed by atoms with Crippen LogP contribution >= 0.6 is 136 Å². The summed E-state index contributed by atoms with van der Waals surface area (Å²) in [7, 11) is 0. The molecule has 26 heteroatoms. The van der Waals surface area contributed by atoms with Crippen molar-refractivity contribution >= 4 is 182 Å². The summed E-state index contributed by atoms with van der Waals surface area (Å²) in [5, 5.41) is 83.8. The summed E-state index contributed by atoms with van der Waals surface area (Å²) in [4.78, 5) is 86.9. The lowest BCUT2D eigenvalue weighted by atomic mass is 10.0. The Balaban J connectivity index is 3.43. The number of primary amides is 1.